The van der Waals surface area contributed by atoms with Crippen LogP contribution in [0.1, 0.15) is 25.2 Å². The van der Waals surface area contributed by atoms with Crippen molar-refractivity contribution in [2.45, 2.75) is 19.6 Å². The van der Waals surface area contributed by atoms with E-state index < -0.39 is 13.4 Å². The Bertz CT molecular complexity index is 412. The molecule has 0 aliphatic carbocycles. The first kappa shape index (κ1) is 16.1. The Kier molecular flexibility index (Phi) is 7.03. The summed E-state index contributed by atoms with van der Waals surface area (Å²) in [6.07, 6.45) is 1.72. The molecular weight excluding hydrogens is 261 g/mol. The lowest BCUT2D eigenvalue weighted by Crippen LogP contribution is -2.23. The first-order chi connectivity index (χ1) is 9.18. The largest absolute Gasteiger partial charge is 0.351 e. The van der Waals surface area contributed by atoms with Gasteiger partial charge < -0.3 is 9.05 Å². The van der Waals surface area contributed by atoms with Gasteiger partial charge in [0.05, 0.1) is 13.2 Å². The van der Waals surface area contributed by atoms with E-state index in [0.717, 1.165) is 5.56 Å². The molecule has 0 bridgehead atoms. The number of rotatable bonds is 9. The summed E-state index contributed by atoms with van der Waals surface area (Å²) in [5.74, 6) is -0.480. The lowest BCUT2D eigenvalue weighted by atomic mass is 10.2. The van der Waals surface area contributed by atoms with Gasteiger partial charge in [0.25, 0.3) is 0 Å². The molecule has 19 heavy (non-hydrogen) atoms. The van der Waals surface area contributed by atoms with E-state index in [1.165, 1.54) is 0 Å². The maximum absolute atomic E-state index is 12.9. The van der Waals surface area contributed by atoms with Gasteiger partial charge in [-0.05, 0) is 19.4 Å². The van der Waals surface area contributed by atoms with E-state index in [1.54, 1.807) is 19.9 Å². The molecule has 0 radical (unpaired) electrons. The van der Waals surface area contributed by atoms with E-state index in [9.17, 15) is 4.57 Å². The van der Waals surface area contributed by atoms with Crippen LogP contribution < -0.4 is 5.32 Å². The van der Waals surface area contributed by atoms with Gasteiger partial charge in [-0.15, -0.1) is 6.58 Å². The molecule has 0 saturated carbocycles. The van der Waals surface area contributed by atoms with Crippen molar-refractivity contribution in [2.24, 2.45) is 0 Å². The molecule has 5 heteroatoms. The van der Waals surface area contributed by atoms with E-state index in [-0.39, 0.29) is 0 Å². The first-order valence-electron chi connectivity index (χ1n) is 6.46. The molecule has 1 N–H and O–H groups in total. The summed E-state index contributed by atoms with van der Waals surface area (Å²) >= 11 is 0. The first-order valence-corrected chi connectivity index (χ1v) is 8.07. The Morgan fingerprint density at radius 1 is 1.26 bits per heavy atom. The highest BCUT2D eigenvalue weighted by Gasteiger charge is 2.36. The highest BCUT2D eigenvalue weighted by molar-refractivity contribution is 7.54. The molecule has 1 rings (SSSR count). The van der Waals surface area contributed by atoms with Crippen LogP contribution >= 0.6 is 7.60 Å². The van der Waals surface area contributed by atoms with Gasteiger partial charge in [-0.1, -0.05) is 36.4 Å². The molecule has 0 saturated heterocycles. The van der Waals surface area contributed by atoms with Crippen molar-refractivity contribution in [3.63, 3.8) is 0 Å². The van der Waals surface area contributed by atoms with Crippen LogP contribution in [0.5, 0.6) is 0 Å². The standard InChI is InChI=1S/C14H22NO3P/c1-4-12-15-14(13-10-8-7-9-11-13)19(16,17-5-2)18-6-3/h4,7-11,14-15H,1,5-6,12H2,2-3H3/t14-/m1/s1. The summed E-state index contributed by atoms with van der Waals surface area (Å²) in [5.41, 5.74) is 0.884. The lowest BCUT2D eigenvalue weighted by molar-refractivity contribution is 0.208. The zero-order valence-electron chi connectivity index (χ0n) is 11.5. The molecule has 0 aliphatic rings. The Hall–Kier alpha value is -0.930. The maximum Gasteiger partial charge on any atom is 0.351 e. The molecule has 0 aromatic heterocycles. The van der Waals surface area contributed by atoms with Gasteiger partial charge in [-0.3, -0.25) is 9.88 Å². The molecule has 0 unspecified atom stereocenters. The molecular formula is C14H22NO3P. The van der Waals surface area contributed by atoms with Crippen LogP contribution in [0.4, 0.5) is 0 Å². The highest BCUT2D eigenvalue weighted by Crippen LogP contribution is 2.59. The number of benzene rings is 1. The second-order valence-corrected chi connectivity index (χ2v) is 6.00. The summed E-state index contributed by atoms with van der Waals surface area (Å²) in [7, 11) is -3.24. The minimum Gasteiger partial charge on any atom is -0.308 e. The molecule has 1 aromatic rings. The van der Waals surface area contributed by atoms with Gasteiger partial charge in [0.1, 0.15) is 5.78 Å². The van der Waals surface area contributed by atoms with Crippen molar-refractivity contribution in [3.05, 3.63) is 48.6 Å². The van der Waals surface area contributed by atoms with Crippen LogP contribution in [0.25, 0.3) is 0 Å². The Balaban J connectivity index is 3.06. The maximum atomic E-state index is 12.9. The summed E-state index contributed by atoms with van der Waals surface area (Å²) in [4.78, 5) is 0. The molecule has 1 aromatic carbocycles. The van der Waals surface area contributed by atoms with E-state index in [0.29, 0.717) is 19.8 Å². The SMILES string of the molecule is C=CCN[C@@H](c1ccccc1)P(=O)(OCC)OCC. The van der Waals surface area contributed by atoms with Gasteiger partial charge in [-0.2, -0.15) is 0 Å². The Morgan fingerprint density at radius 2 is 1.84 bits per heavy atom. The molecule has 1 atom stereocenters. The van der Waals surface area contributed by atoms with Crippen LogP contribution in [0, 0.1) is 0 Å². The molecule has 0 spiro atoms. The summed E-state index contributed by atoms with van der Waals surface area (Å²) in [5, 5.41) is 3.16. The predicted molar refractivity (Wildman–Crippen MR) is 78.2 cm³/mol. The second kappa shape index (κ2) is 8.28. The molecule has 0 fully saturated rings. The van der Waals surface area contributed by atoms with Crippen LogP contribution in [0.15, 0.2) is 43.0 Å². The van der Waals surface area contributed by atoms with Crippen molar-refractivity contribution >= 4 is 7.60 Å². The van der Waals surface area contributed by atoms with Gasteiger partial charge in [-0.25, -0.2) is 0 Å². The van der Waals surface area contributed by atoms with E-state index in [4.69, 9.17) is 9.05 Å². The third-order valence-electron chi connectivity index (χ3n) is 2.51. The highest BCUT2D eigenvalue weighted by atomic mass is 31.2. The van der Waals surface area contributed by atoms with Gasteiger partial charge in [0.15, 0.2) is 0 Å². The van der Waals surface area contributed by atoms with Gasteiger partial charge in [0.2, 0.25) is 0 Å². The number of hydrogen-bond acceptors (Lipinski definition) is 4. The van der Waals surface area contributed by atoms with E-state index in [1.807, 2.05) is 30.3 Å². The van der Waals surface area contributed by atoms with E-state index >= 15 is 0 Å². The van der Waals surface area contributed by atoms with Crippen LogP contribution in [0.2, 0.25) is 0 Å². The molecule has 0 heterocycles. The van der Waals surface area contributed by atoms with Crippen LogP contribution in [-0.2, 0) is 13.6 Å². The van der Waals surface area contributed by atoms with Crippen LogP contribution in [0.3, 0.4) is 0 Å². The van der Waals surface area contributed by atoms with Crippen molar-refractivity contribution in [3.8, 4) is 0 Å². The third kappa shape index (κ3) is 4.59. The fraction of sp³-hybridized carbons (Fsp3) is 0.429. The smallest absolute Gasteiger partial charge is 0.308 e. The molecule has 0 aliphatic heterocycles. The van der Waals surface area contributed by atoms with Crippen molar-refractivity contribution in [1.82, 2.24) is 5.32 Å². The fourth-order valence-corrected chi connectivity index (χ4v) is 3.75. The summed E-state index contributed by atoms with van der Waals surface area (Å²) < 4.78 is 23.7. The third-order valence-corrected chi connectivity index (χ3v) is 4.85. The van der Waals surface area contributed by atoms with Crippen LogP contribution in [-0.4, -0.2) is 19.8 Å². The monoisotopic (exact) mass is 283 g/mol. The molecule has 4 nitrogen and oxygen atoms in total. The zero-order valence-corrected chi connectivity index (χ0v) is 12.4. The predicted octanol–water partition coefficient (Wildman–Crippen LogP) is 3.73. The Morgan fingerprint density at radius 3 is 2.32 bits per heavy atom. The summed E-state index contributed by atoms with van der Waals surface area (Å²) in [6.45, 7) is 8.50. The molecule has 106 valence electrons. The van der Waals surface area contributed by atoms with E-state index in [2.05, 4.69) is 11.9 Å². The van der Waals surface area contributed by atoms with Gasteiger partial charge in [0, 0.05) is 6.54 Å². The fourth-order valence-electron chi connectivity index (χ4n) is 1.79. The second-order valence-electron chi connectivity index (χ2n) is 3.89. The normalized spacial score (nSPS) is 13.2. The number of hydrogen-bond donors (Lipinski definition) is 1. The van der Waals surface area contributed by atoms with Crippen molar-refractivity contribution < 1.29 is 13.6 Å². The average molecular weight is 283 g/mol. The topological polar surface area (TPSA) is 47.6 Å². The van der Waals surface area contributed by atoms with Crippen molar-refractivity contribution in [2.75, 3.05) is 19.8 Å². The van der Waals surface area contributed by atoms with Gasteiger partial charge >= 0.3 is 7.60 Å². The number of nitrogens with one attached hydrogen (secondary N) is 1. The minimum absolute atomic E-state index is 0.344. The zero-order chi connectivity index (χ0) is 14.1. The minimum atomic E-state index is -3.24. The Labute approximate surface area is 115 Å². The lowest BCUT2D eigenvalue weighted by Gasteiger charge is -2.27. The average Bonchev–Trinajstić information content (AvgIpc) is 2.41. The quantitative estimate of drug-likeness (QED) is 0.554. The van der Waals surface area contributed by atoms with Crippen molar-refractivity contribution in [1.29, 1.82) is 0 Å². The summed E-state index contributed by atoms with van der Waals surface area (Å²) in [6, 6.07) is 9.54. The molecule has 0 amide bonds.